The Morgan fingerprint density at radius 3 is 1.88 bits per heavy atom. The van der Waals surface area contributed by atoms with E-state index in [1.807, 2.05) is 78.9 Å². The Kier molecular flexibility index (Phi) is 9.74. The van der Waals surface area contributed by atoms with E-state index in [0.717, 1.165) is 16.7 Å². The van der Waals surface area contributed by atoms with Crippen LogP contribution >= 0.6 is 7.82 Å². The minimum Gasteiger partial charge on any atom is -0.497 e. The number of methoxy groups -OCH3 is 2. The van der Waals surface area contributed by atoms with Crippen molar-refractivity contribution in [3.8, 4) is 11.5 Å². The molecule has 1 aliphatic rings. The number of benzene rings is 3. The Balaban J connectivity index is 1.77. The van der Waals surface area contributed by atoms with Gasteiger partial charge in [0.1, 0.15) is 43.3 Å². The van der Waals surface area contributed by atoms with Gasteiger partial charge in [0, 0.05) is 6.00 Å². The summed E-state index contributed by atoms with van der Waals surface area (Å²) in [5.41, 5.74) is 1.19. The fraction of sp³-hybridized carbons (Fsp3) is 0.379. The van der Waals surface area contributed by atoms with Crippen LogP contribution < -0.4 is 9.47 Å². The minimum absolute atomic E-state index is 0.163. The van der Waals surface area contributed by atoms with Crippen LogP contribution in [0.15, 0.2) is 78.9 Å². The van der Waals surface area contributed by atoms with Gasteiger partial charge in [0.15, 0.2) is 0 Å². The van der Waals surface area contributed by atoms with Gasteiger partial charge < -0.3 is 28.9 Å². The predicted octanol–water partition coefficient (Wildman–Crippen LogP) is 4.18. The highest BCUT2D eigenvalue weighted by atomic mass is 31.2. The molecule has 11 heteroatoms. The van der Waals surface area contributed by atoms with E-state index in [2.05, 4.69) is 0 Å². The molecule has 3 aromatic rings. The zero-order valence-corrected chi connectivity index (χ0v) is 23.8. The van der Waals surface area contributed by atoms with E-state index < -0.39 is 43.8 Å². The average Bonchev–Trinajstić information content (AvgIpc) is 3.21. The highest BCUT2D eigenvalue weighted by molar-refractivity contribution is 7.47. The third-order valence-electron chi connectivity index (χ3n) is 6.61. The highest BCUT2D eigenvalue weighted by Crippen LogP contribution is 2.49. The fourth-order valence-electron chi connectivity index (χ4n) is 4.76. The normalized spacial score (nSPS) is 22.7. The maximum Gasteiger partial charge on any atom is 0.472 e. The summed E-state index contributed by atoms with van der Waals surface area (Å²) in [5, 5.41) is 10.7. The molecule has 1 aliphatic heterocycles. The minimum atomic E-state index is -4.53. The van der Waals surface area contributed by atoms with Crippen molar-refractivity contribution in [3.63, 3.8) is 0 Å². The first-order valence-electron chi connectivity index (χ1n) is 12.9. The summed E-state index contributed by atoms with van der Waals surface area (Å²) in [4.78, 5) is 10.3. The van der Waals surface area contributed by atoms with Crippen molar-refractivity contribution in [1.29, 1.82) is 0 Å². The van der Waals surface area contributed by atoms with Gasteiger partial charge in [-0.2, -0.15) is 0 Å². The molecule has 9 nitrogen and oxygen atoms in total. The quantitative estimate of drug-likeness (QED) is 0.189. The smallest absolute Gasteiger partial charge is 0.472 e. The Labute approximate surface area is 236 Å². The Morgan fingerprint density at radius 2 is 1.40 bits per heavy atom. The van der Waals surface area contributed by atoms with Gasteiger partial charge in [0.2, 0.25) is 0 Å². The Morgan fingerprint density at radius 1 is 0.900 bits per heavy atom. The number of rotatable bonds is 12. The molecule has 1 fully saturated rings. The molecule has 1 saturated heterocycles. The van der Waals surface area contributed by atoms with Crippen molar-refractivity contribution in [1.82, 2.24) is 0 Å². The van der Waals surface area contributed by atoms with E-state index in [9.17, 15) is 14.6 Å². The van der Waals surface area contributed by atoms with Crippen molar-refractivity contribution in [3.05, 3.63) is 95.6 Å². The van der Waals surface area contributed by atoms with Gasteiger partial charge in [-0.1, -0.05) is 54.6 Å². The van der Waals surface area contributed by atoms with Crippen molar-refractivity contribution in [2.45, 2.75) is 49.9 Å². The molecule has 0 amide bonds. The third kappa shape index (κ3) is 6.61. The van der Waals surface area contributed by atoms with Gasteiger partial charge in [-0.15, -0.1) is 0 Å². The zero-order chi connectivity index (χ0) is 28.9. The lowest BCUT2D eigenvalue weighted by molar-refractivity contribution is -0.0756. The summed E-state index contributed by atoms with van der Waals surface area (Å²) in [6.07, 6.45) is -4.27. The van der Waals surface area contributed by atoms with E-state index in [0.29, 0.717) is 11.5 Å². The van der Waals surface area contributed by atoms with E-state index in [4.69, 9.17) is 35.8 Å². The molecule has 2 unspecified atom stereocenters. The van der Waals surface area contributed by atoms with Crippen LogP contribution in [0.25, 0.3) is 0 Å². The summed E-state index contributed by atoms with van der Waals surface area (Å²) in [6, 6.07) is 23.4. The molecular formula is C29H34BO9P. The Bertz CT molecular complexity index is 1220. The molecule has 4 rings (SSSR count). The zero-order valence-electron chi connectivity index (χ0n) is 22.9. The molecule has 0 saturated carbocycles. The molecule has 0 bridgehead atoms. The summed E-state index contributed by atoms with van der Waals surface area (Å²) >= 11 is 0. The van der Waals surface area contributed by atoms with Crippen molar-refractivity contribution < 1.29 is 42.6 Å². The molecule has 2 N–H and O–H groups in total. The number of ether oxygens (including phenoxy) is 4. The first kappa shape index (κ1) is 30.3. The largest absolute Gasteiger partial charge is 0.497 e. The van der Waals surface area contributed by atoms with E-state index in [-0.39, 0.29) is 6.61 Å². The molecule has 0 aromatic heterocycles. The van der Waals surface area contributed by atoms with Crippen LogP contribution in [0.4, 0.5) is 0 Å². The third-order valence-corrected chi connectivity index (χ3v) is 7.81. The standard InChI is InChI=1S/C29H34BO9P/c1-19(2)38-40(32,33)39-27-25(37-28(30)26(27)31)18-36-29(20-8-6-5-7-9-20,21-10-14-23(34-3)15-11-21)22-12-16-24(35-4)17-13-22/h5-17,19,25-28,31H,18H2,1-4H3,(H,32,33)/t25-,26?,27+,28-/m1/s1. The predicted molar refractivity (Wildman–Crippen MR) is 150 cm³/mol. The Hall–Kier alpha value is -2.69. The first-order valence-corrected chi connectivity index (χ1v) is 14.4. The van der Waals surface area contributed by atoms with Crippen LogP contribution in [0, 0.1) is 0 Å². The topological polar surface area (TPSA) is 113 Å². The van der Waals surface area contributed by atoms with E-state index in [1.165, 1.54) is 0 Å². The number of hydrogen-bond acceptors (Lipinski definition) is 8. The second-order valence-corrected chi connectivity index (χ2v) is 11.0. The van der Waals surface area contributed by atoms with Crippen LogP contribution in [0.1, 0.15) is 30.5 Å². The number of phosphoric acid groups is 1. The molecule has 40 heavy (non-hydrogen) atoms. The van der Waals surface area contributed by atoms with Gasteiger partial charge in [0.05, 0.1) is 26.9 Å². The summed E-state index contributed by atoms with van der Waals surface area (Å²) in [5.74, 6) is 1.34. The van der Waals surface area contributed by atoms with Gasteiger partial charge >= 0.3 is 7.82 Å². The van der Waals surface area contributed by atoms with Crippen molar-refractivity contribution in [2.24, 2.45) is 0 Å². The molecule has 5 atom stereocenters. The lowest BCUT2D eigenvalue weighted by Crippen LogP contribution is -2.40. The number of aliphatic hydroxyl groups excluding tert-OH is 1. The van der Waals surface area contributed by atoms with E-state index in [1.54, 1.807) is 28.1 Å². The van der Waals surface area contributed by atoms with E-state index >= 15 is 0 Å². The van der Waals surface area contributed by atoms with Crippen LogP contribution in [-0.2, 0) is 28.7 Å². The van der Waals surface area contributed by atoms with Gasteiger partial charge in [-0.05, 0) is 54.8 Å². The maximum absolute atomic E-state index is 12.6. The summed E-state index contributed by atoms with van der Waals surface area (Å²) in [6.45, 7) is 3.03. The average molecular weight is 568 g/mol. The molecule has 1 heterocycles. The fourth-order valence-corrected chi connectivity index (χ4v) is 5.91. The second-order valence-electron chi connectivity index (χ2n) is 9.64. The second kappa shape index (κ2) is 12.9. The van der Waals surface area contributed by atoms with Crippen molar-refractivity contribution >= 4 is 15.7 Å². The van der Waals surface area contributed by atoms with Crippen LogP contribution in [0.2, 0.25) is 0 Å². The summed E-state index contributed by atoms with van der Waals surface area (Å²) < 4.78 is 46.3. The lowest BCUT2D eigenvalue weighted by atomic mass is 9.80. The number of hydrogen-bond donors (Lipinski definition) is 2. The van der Waals surface area contributed by atoms with Crippen LogP contribution in [0.3, 0.4) is 0 Å². The lowest BCUT2D eigenvalue weighted by Gasteiger charge is -2.37. The number of aliphatic hydroxyl groups is 1. The monoisotopic (exact) mass is 568 g/mol. The first-order chi connectivity index (χ1) is 19.1. The van der Waals surface area contributed by atoms with Gasteiger partial charge in [0.25, 0.3) is 0 Å². The van der Waals surface area contributed by atoms with Gasteiger partial charge in [-0.25, -0.2) is 4.57 Å². The SMILES string of the molecule is [B][C@@H]1O[C@H](COC(c2ccccc2)(c2ccc(OC)cc2)c2ccc(OC)cc2)[C@H](OP(=O)(O)OC(C)C)C1O. The maximum atomic E-state index is 12.6. The number of phosphoric ester groups is 1. The molecule has 0 spiro atoms. The van der Waals surface area contributed by atoms with Crippen LogP contribution in [0.5, 0.6) is 11.5 Å². The molecular weight excluding hydrogens is 534 g/mol. The summed E-state index contributed by atoms with van der Waals surface area (Å²) in [7, 11) is 4.62. The van der Waals surface area contributed by atoms with Crippen LogP contribution in [-0.4, -0.2) is 69.1 Å². The highest BCUT2D eigenvalue weighted by Gasteiger charge is 2.48. The van der Waals surface area contributed by atoms with Gasteiger partial charge in [-0.3, -0.25) is 9.05 Å². The molecule has 212 valence electrons. The molecule has 0 aliphatic carbocycles. The molecule has 3 aromatic carbocycles. The van der Waals surface area contributed by atoms with Crippen molar-refractivity contribution in [2.75, 3.05) is 20.8 Å². The molecule has 2 radical (unpaired) electrons.